The molecule has 3 rings (SSSR count). The number of Topliss-reactive ketones (excluding diaryl/α,β-unsaturated/α-hetero) is 1. The number of carboxylic acid groups (broad SMARTS) is 1. The topological polar surface area (TPSA) is 74.6 Å². The number of aliphatic carboxylic acids is 1. The minimum atomic E-state index is -1.19. The second kappa shape index (κ2) is 9.94. The standard InChI is InChI=1S/C23H25FO4S/c24-18-14-20(26)17(16(18)8-3-1-2-4-10-23(27)28)11-12-19(25)22-13-15-7-5-6-9-21(15)29-22/h1,3,5-7,9,11-13,16-19,25H,2,4,8,10,14H2,(H,27,28)/t16-,17-,18?,19?/m1/s1. The summed E-state index contributed by atoms with van der Waals surface area (Å²) in [5.41, 5.74) is 0. The van der Waals surface area contributed by atoms with Gasteiger partial charge in [-0.05, 0) is 36.8 Å². The van der Waals surface area contributed by atoms with Crippen molar-refractivity contribution in [2.75, 3.05) is 0 Å². The van der Waals surface area contributed by atoms with E-state index in [1.807, 2.05) is 42.5 Å². The molecule has 4 nitrogen and oxygen atoms in total. The lowest BCUT2D eigenvalue weighted by Gasteiger charge is -2.15. The summed E-state index contributed by atoms with van der Waals surface area (Å²) in [5, 5.41) is 20.2. The monoisotopic (exact) mass is 416 g/mol. The van der Waals surface area contributed by atoms with E-state index in [4.69, 9.17) is 5.11 Å². The first kappa shape index (κ1) is 21.4. The third-order valence-electron chi connectivity index (χ3n) is 5.27. The van der Waals surface area contributed by atoms with Crippen molar-refractivity contribution in [1.29, 1.82) is 0 Å². The first-order valence-electron chi connectivity index (χ1n) is 9.84. The Morgan fingerprint density at radius 3 is 2.86 bits per heavy atom. The van der Waals surface area contributed by atoms with Crippen LogP contribution in [0.15, 0.2) is 54.6 Å². The van der Waals surface area contributed by atoms with Crippen molar-refractivity contribution >= 4 is 33.2 Å². The molecule has 1 saturated carbocycles. The summed E-state index contributed by atoms with van der Waals surface area (Å²) in [6.45, 7) is 0. The lowest BCUT2D eigenvalue weighted by molar-refractivity contribution is -0.137. The van der Waals surface area contributed by atoms with Crippen LogP contribution >= 0.6 is 11.3 Å². The number of aliphatic hydroxyl groups excluding tert-OH is 1. The molecule has 0 saturated heterocycles. The number of unbranched alkanes of at least 4 members (excludes halogenated alkanes) is 1. The van der Waals surface area contributed by atoms with Gasteiger partial charge in [0.15, 0.2) is 0 Å². The Morgan fingerprint density at radius 1 is 1.31 bits per heavy atom. The van der Waals surface area contributed by atoms with Gasteiger partial charge in [-0.1, -0.05) is 42.5 Å². The van der Waals surface area contributed by atoms with Gasteiger partial charge in [-0.15, -0.1) is 11.3 Å². The first-order valence-corrected chi connectivity index (χ1v) is 10.7. The van der Waals surface area contributed by atoms with Crippen LogP contribution in [0.4, 0.5) is 4.39 Å². The largest absolute Gasteiger partial charge is 0.481 e. The molecular weight excluding hydrogens is 391 g/mol. The van der Waals surface area contributed by atoms with Crippen LogP contribution in [0.2, 0.25) is 0 Å². The van der Waals surface area contributed by atoms with Gasteiger partial charge in [-0.3, -0.25) is 9.59 Å². The van der Waals surface area contributed by atoms with Crippen molar-refractivity contribution in [3.05, 3.63) is 59.5 Å². The highest BCUT2D eigenvalue weighted by Crippen LogP contribution is 2.37. The molecule has 1 aliphatic carbocycles. The van der Waals surface area contributed by atoms with Crippen LogP contribution in [0.1, 0.15) is 43.1 Å². The van der Waals surface area contributed by atoms with Gasteiger partial charge in [0.1, 0.15) is 18.1 Å². The van der Waals surface area contributed by atoms with Crippen molar-refractivity contribution in [3.63, 3.8) is 0 Å². The van der Waals surface area contributed by atoms with Gasteiger partial charge in [-0.25, -0.2) is 4.39 Å². The molecule has 2 unspecified atom stereocenters. The Bertz CT molecular complexity index is 883. The third-order valence-corrected chi connectivity index (χ3v) is 6.45. The minimum absolute atomic E-state index is 0.0918. The average molecular weight is 417 g/mol. The average Bonchev–Trinajstić information content (AvgIpc) is 3.23. The predicted molar refractivity (Wildman–Crippen MR) is 113 cm³/mol. The van der Waals surface area contributed by atoms with E-state index < -0.39 is 30.1 Å². The molecule has 29 heavy (non-hydrogen) atoms. The number of allylic oxidation sites excluding steroid dienone is 3. The zero-order chi connectivity index (χ0) is 20.8. The molecule has 4 atom stereocenters. The van der Waals surface area contributed by atoms with Gasteiger partial charge >= 0.3 is 5.97 Å². The summed E-state index contributed by atoms with van der Waals surface area (Å²) in [7, 11) is 0. The summed E-state index contributed by atoms with van der Waals surface area (Å²) >= 11 is 1.50. The maximum Gasteiger partial charge on any atom is 0.303 e. The van der Waals surface area contributed by atoms with Gasteiger partial charge in [0, 0.05) is 34.3 Å². The number of hydrogen-bond acceptors (Lipinski definition) is 4. The zero-order valence-corrected chi connectivity index (χ0v) is 16.9. The number of carbonyl (C=O) groups excluding carboxylic acids is 1. The maximum absolute atomic E-state index is 14.3. The van der Waals surface area contributed by atoms with Gasteiger partial charge in [-0.2, -0.15) is 0 Å². The number of halogens is 1. The normalized spacial score (nSPS) is 23.5. The third kappa shape index (κ3) is 5.61. The summed E-state index contributed by atoms with van der Waals surface area (Å²) in [5.74, 6) is -1.95. The van der Waals surface area contributed by atoms with E-state index in [0.29, 0.717) is 19.3 Å². The zero-order valence-electron chi connectivity index (χ0n) is 16.0. The molecule has 2 aromatic rings. The number of alkyl halides is 1. The molecule has 6 heteroatoms. The molecule has 0 aliphatic heterocycles. The smallest absolute Gasteiger partial charge is 0.303 e. The highest BCUT2D eigenvalue weighted by Gasteiger charge is 2.40. The molecule has 1 aliphatic rings. The number of ketones is 1. The van der Waals surface area contributed by atoms with E-state index in [1.165, 1.54) is 11.3 Å². The van der Waals surface area contributed by atoms with Crippen LogP contribution in [0, 0.1) is 11.8 Å². The fourth-order valence-corrected chi connectivity index (χ4v) is 4.73. The minimum Gasteiger partial charge on any atom is -0.481 e. The summed E-state index contributed by atoms with van der Waals surface area (Å²) in [4.78, 5) is 23.5. The molecule has 1 aromatic carbocycles. The number of benzene rings is 1. The maximum atomic E-state index is 14.3. The van der Waals surface area contributed by atoms with Crippen molar-refractivity contribution < 1.29 is 24.2 Å². The van der Waals surface area contributed by atoms with Crippen molar-refractivity contribution in [2.45, 2.75) is 44.4 Å². The molecule has 1 aromatic heterocycles. The predicted octanol–water partition coefficient (Wildman–Crippen LogP) is 5.24. The van der Waals surface area contributed by atoms with E-state index in [-0.39, 0.29) is 18.6 Å². The Morgan fingerprint density at radius 2 is 2.10 bits per heavy atom. The van der Waals surface area contributed by atoms with Gasteiger partial charge in [0.2, 0.25) is 0 Å². The number of fused-ring (bicyclic) bond motifs is 1. The summed E-state index contributed by atoms with van der Waals surface area (Å²) in [6, 6.07) is 9.80. The van der Waals surface area contributed by atoms with Crippen LogP contribution in [0.25, 0.3) is 10.1 Å². The highest BCUT2D eigenvalue weighted by molar-refractivity contribution is 7.19. The number of carboxylic acids is 1. The van der Waals surface area contributed by atoms with Crippen molar-refractivity contribution in [3.8, 4) is 0 Å². The highest BCUT2D eigenvalue weighted by atomic mass is 32.1. The Hall–Kier alpha value is -2.31. The Labute approximate surface area is 173 Å². The number of hydrogen-bond donors (Lipinski definition) is 2. The lowest BCUT2D eigenvalue weighted by Crippen LogP contribution is -2.16. The Kier molecular flexibility index (Phi) is 7.34. The van der Waals surface area contributed by atoms with Crippen LogP contribution in [0.3, 0.4) is 0 Å². The van der Waals surface area contributed by atoms with E-state index in [2.05, 4.69) is 0 Å². The second-order valence-corrected chi connectivity index (χ2v) is 8.50. The number of rotatable bonds is 9. The molecular formula is C23H25FO4S. The molecule has 0 amide bonds. The van der Waals surface area contributed by atoms with E-state index in [1.54, 1.807) is 12.2 Å². The van der Waals surface area contributed by atoms with E-state index in [0.717, 1.165) is 15.0 Å². The van der Waals surface area contributed by atoms with Gasteiger partial charge < -0.3 is 10.2 Å². The van der Waals surface area contributed by atoms with Crippen LogP contribution in [-0.2, 0) is 9.59 Å². The van der Waals surface area contributed by atoms with Crippen LogP contribution < -0.4 is 0 Å². The number of carbonyl (C=O) groups is 2. The molecule has 1 heterocycles. The van der Waals surface area contributed by atoms with Crippen LogP contribution in [-0.4, -0.2) is 28.1 Å². The molecule has 0 radical (unpaired) electrons. The van der Waals surface area contributed by atoms with E-state index >= 15 is 0 Å². The van der Waals surface area contributed by atoms with Crippen molar-refractivity contribution in [1.82, 2.24) is 0 Å². The summed E-state index contributed by atoms with van der Waals surface area (Å²) < 4.78 is 15.4. The molecule has 0 spiro atoms. The van der Waals surface area contributed by atoms with Gasteiger partial charge in [0.25, 0.3) is 0 Å². The summed E-state index contributed by atoms with van der Waals surface area (Å²) in [6.07, 6.45) is 6.52. The van der Waals surface area contributed by atoms with Crippen molar-refractivity contribution in [2.24, 2.45) is 11.8 Å². The molecule has 2 N–H and O–H groups in total. The molecule has 0 bridgehead atoms. The first-order chi connectivity index (χ1) is 14.0. The molecule has 1 fully saturated rings. The van der Waals surface area contributed by atoms with Crippen LogP contribution in [0.5, 0.6) is 0 Å². The molecule has 154 valence electrons. The lowest BCUT2D eigenvalue weighted by atomic mass is 9.90. The number of thiophene rings is 1. The second-order valence-electron chi connectivity index (χ2n) is 7.39. The Balaban J connectivity index is 1.61. The number of aliphatic hydroxyl groups is 1. The van der Waals surface area contributed by atoms with Gasteiger partial charge in [0.05, 0.1) is 0 Å². The fraction of sp³-hybridized carbons (Fsp3) is 0.391. The SMILES string of the molecule is O=C(O)CCCC=CC[C@H]1C(F)CC(=O)[C@@H]1C=CC(O)c1cc2ccccc2s1. The van der Waals surface area contributed by atoms with E-state index in [9.17, 15) is 19.1 Å². The fourth-order valence-electron chi connectivity index (χ4n) is 3.70. The quantitative estimate of drug-likeness (QED) is 0.433.